The zero-order chi connectivity index (χ0) is 6.69. The zero-order valence-electron chi connectivity index (χ0n) is 5.13. The van der Waals surface area contributed by atoms with Gasteiger partial charge in [-0.2, -0.15) is 0 Å². The molecule has 2 nitrogen and oxygen atoms in total. The molecule has 1 heterocycles. The maximum atomic E-state index is 10.8. The molecule has 48 valence electrons. The average Bonchev–Trinajstić information content (AvgIpc) is 2.37. The van der Waals surface area contributed by atoms with Crippen molar-refractivity contribution in [2.45, 2.75) is 13.3 Å². The van der Waals surface area contributed by atoms with E-state index in [1.165, 1.54) is 11.3 Å². The van der Waals surface area contributed by atoms with Crippen molar-refractivity contribution in [1.29, 1.82) is 0 Å². The molecule has 1 aromatic heterocycles. The molecule has 0 saturated heterocycles. The molecular formula is C6H7NOS. The minimum Gasteiger partial charge on any atom is -0.292 e. The number of carbonyl (C=O) groups is 1. The fourth-order valence-corrected chi connectivity index (χ4v) is 1.16. The summed E-state index contributed by atoms with van der Waals surface area (Å²) < 4.78 is 0. The van der Waals surface area contributed by atoms with Gasteiger partial charge < -0.3 is 0 Å². The maximum absolute atomic E-state index is 10.8. The van der Waals surface area contributed by atoms with Gasteiger partial charge in [-0.3, -0.25) is 4.79 Å². The van der Waals surface area contributed by atoms with Crippen LogP contribution in [0.5, 0.6) is 0 Å². The van der Waals surface area contributed by atoms with E-state index in [9.17, 15) is 4.79 Å². The van der Waals surface area contributed by atoms with Crippen LogP contribution < -0.4 is 0 Å². The standard InChI is InChI=1S/C6H7NOS/c1-2-5(8)6-7-3-4-9-6/h3-4H,2H2,1H3. The predicted molar refractivity (Wildman–Crippen MR) is 36.7 cm³/mol. The number of nitrogens with zero attached hydrogens (tertiary/aromatic N) is 1. The Hall–Kier alpha value is -0.700. The van der Waals surface area contributed by atoms with Crippen molar-refractivity contribution in [2.75, 3.05) is 0 Å². The molecule has 9 heavy (non-hydrogen) atoms. The first-order valence-electron chi connectivity index (χ1n) is 2.77. The molecule has 0 aromatic carbocycles. The second-order valence-electron chi connectivity index (χ2n) is 1.61. The topological polar surface area (TPSA) is 30.0 Å². The first kappa shape index (κ1) is 6.42. The Bertz CT molecular complexity index is 193. The Morgan fingerprint density at radius 1 is 1.89 bits per heavy atom. The molecule has 0 spiro atoms. The van der Waals surface area contributed by atoms with Crippen LogP contribution in [0.25, 0.3) is 0 Å². The van der Waals surface area contributed by atoms with Gasteiger partial charge in [-0.1, -0.05) is 6.92 Å². The van der Waals surface area contributed by atoms with Gasteiger partial charge in [0.05, 0.1) is 0 Å². The fourth-order valence-electron chi connectivity index (χ4n) is 0.512. The van der Waals surface area contributed by atoms with E-state index in [1.807, 2.05) is 12.3 Å². The number of aromatic nitrogens is 1. The van der Waals surface area contributed by atoms with Crippen LogP contribution in [0.1, 0.15) is 23.1 Å². The molecule has 3 heteroatoms. The van der Waals surface area contributed by atoms with E-state index in [0.717, 1.165) is 0 Å². The van der Waals surface area contributed by atoms with Crippen molar-refractivity contribution in [1.82, 2.24) is 4.98 Å². The molecule has 0 saturated carbocycles. The van der Waals surface area contributed by atoms with E-state index in [4.69, 9.17) is 0 Å². The Kier molecular flexibility index (Phi) is 1.95. The fraction of sp³-hybridized carbons (Fsp3) is 0.333. The molecule has 0 radical (unpaired) electrons. The molecule has 0 N–H and O–H groups in total. The number of ketones is 1. The van der Waals surface area contributed by atoms with Crippen LogP contribution in [0.2, 0.25) is 0 Å². The third-order valence-corrected chi connectivity index (χ3v) is 1.81. The summed E-state index contributed by atoms with van der Waals surface area (Å²) in [7, 11) is 0. The van der Waals surface area contributed by atoms with Gasteiger partial charge in [-0.15, -0.1) is 11.3 Å². The van der Waals surface area contributed by atoms with Gasteiger partial charge in [0.15, 0.2) is 10.8 Å². The van der Waals surface area contributed by atoms with E-state index in [2.05, 4.69) is 4.98 Å². The molecular weight excluding hydrogens is 134 g/mol. The van der Waals surface area contributed by atoms with Gasteiger partial charge in [0.25, 0.3) is 0 Å². The van der Waals surface area contributed by atoms with E-state index < -0.39 is 0 Å². The summed E-state index contributed by atoms with van der Waals surface area (Å²) in [5, 5.41) is 2.43. The summed E-state index contributed by atoms with van der Waals surface area (Å²) in [5.41, 5.74) is 0. The highest BCUT2D eigenvalue weighted by Gasteiger charge is 2.02. The second-order valence-corrected chi connectivity index (χ2v) is 2.51. The minimum absolute atomic E-state index is 0.130. The number of rotatable bonds is 2. The first-order valence-corrected chi connectivity index (χ1v) is 3.65. The predicted octanol–water partition coefficient (Wildman–Crippen LogP) is 1.74. The van der Waals surface area contributed by atoms with Crippen LogP contribution in [0.3, 0.4) is 0 Å². The van der Waals surface area contributed by atoms with E-state index in [0.29, 0.717) is 11.4 Å². The van der Waals surface area contributed by atoms with Gasteiger partial charge in [0.1, 0.15) is 0 Å². The normalized spacial score (nSPS) is 9.44. The number of hydrogen-bond donors (Lipinski definition) is 0. The smallest absolute Gasteiger partial charge is 0.191 e. The number of carbonyl (C=O) groups excluding carboxylic acids is 1. The first-order chi connectivity index (χ1) is 4.34. The molecule has 0 amide bonds. The van der Waals surface area contributed by atoms with Crippen LogP contribution in [0.15, 0.2) is 11.6 Å². The summed E-state index contributed by atoms with van der Waals surface area (Å²) in [4.78, 5) is 14.7. The van der Waals surface area contributed by atoms with Crippen LogP contribution in [0.4, 0.5) is 0 Å². The van der Waals surface area contributed by atoms with Crippen molar-refractivity contribution < 1.29 is 4.79 Å². The molecule has 0 aliphatic rings. The van der Waals surface area contributed by atoms with Crippen molar-refractivity contribution in [2.24, 2.45) is 0 Å². The second kappa shape index (κ2) is 2.73. The summed E-state index contributed by atoms with van der Waals surface area (Å²) in [5.74, 6) is 0.130. The lowest BCUT2D eigenvalue weighted by molar-refractivity contribution is 0.0988. The summed E-state index contributed by atoms with van der Waals surface area (Å²) >= 11 is 1.39. The summed E-state index contributed by atoms with van der Waals surface area (Å²) in [6.07, 6.45) is 2.20. The quantitative estimate of drug-likeness (QED) is 0.587. The van der Waals surface area contributed by atoms with Crippen molar-refractivity contribution in [3.63, 3.8) is 0 Å². The Morgan fingerprint density at radius 3 is 3.11 bits per heavy atom. The SMILES string of the molecule is CCC(=O)c1nccs1. The molecule has 0 aliphatic carbocycles. The van der Waals surface area contributed by atoms with E-state index in [1.54, 1.807) is 6.20 Å². The Balaban J connectivity index is 2.77. The highest BCUT2D eigenvalue weighted by atomic mass is 32.1. The molecule has 0 fully saturated rings. The van der Waals surface area contributed by atoms with Gasteiger partial charge in [-0.05, 0) is 0 Å². The van der Waals surface area contributed by atoms with Crippen LogP contribution in [0, 0.1) is 0 Å². The minimum atomic E-state index is 0.130. The van der Waals surface area contributed by atoms with Crippen LogP contribution >= 0.6 is 11.3 Å². The third kappa shape index (κ3) is 1.36. The molecule has 0 atom stereocenters. The molecule has 0 aliphatic heterocycles. The average molecular weight is 141 g/mol. The van der Waals surface area contributed by atoms with Crippen molar-refractivity contribution in [3.05, 3.63) is 16.6 Å². The Labute approximate surface area is 57.5 Å². The Morgan fingerprint density at radius 2 is 2.67 bits per heavy atom. The highest BCUT2D eigenvalue weighted by molar-refractivity contribution is 7.11. The number of hydrogen-bond acceptors (Lipinski definition) is 3. The zero-order valence-corrected chi connectivity index (χ0v) is 5.94. The lowest BCUT2D eigenvalue weighted by atomic mass is 10.3. The summed E-state index contributed by atoms with van der Waals surface area (Å²) in [6, 6.07) is 0. The third-order valence-electron chi connectivity index (χ3n) is 0.992. The van der Waals surface area contributed by atoms with Gasteiger partial charge in [-0.25, -0.2) is 4.98 Å². The molecule has 0 bridgehead atoms. The molecule has 0 unspecified atom stereocenters. The number of Topliss-reactive ketones (excluding diaryl/α,β-unsaturated/α-hetero) is 1. The highest BCUT2D eigenvalue weighted by Crippen LogP contribution is 2.05. The lowest BCUT2D eigenvalue weighted by Crippen LogP contribution is -1.93. The monoisotopic (exact) mass is 141 g/mol. The van der Waals surface area contributed by atoms with Crippen LogP contribution in [-0.2, 0) is 0 Å². The van der Waals surface area contributed by atoms with Gasteiger partial charge >= 0.3 is 0 Å². The largest absolute Gasteiger partial charge is 0.292 e. The van der Waals surface area contributed by atoms with E-state index in [-0.39, 0.29) is 5.78 Å². The van der Waals surface area contributed by atoms with Crippen molar-refractivity contribution >= 4 is 17.1 Å². The number of thiazole rings is 1. The van der Waals surface area contributed by atoms with E-state index >= 15 is 0 Å². The van der Waals surface area contributed by atoms with Gasteiger partial charge in [0, 0.05) is 18.0 Å². The van der Waals surface area contributed by atoms with Crippen molar-refractivity contribution in [3.8, 4) is 0 Å². The maximum Gasteiger partial charge on any atom is 0.191 e. The summed E-state index contributed by atoms with van der Waals surface area (Å²) in [6.45, 7) is 1.84. The van der Waals surface area contributed by atoms with Gasteiger partial charge in [0.2, 0.25) is 0 Å². The molecule has 1 aromatic rings. The lowest BCUT2D eigenvalue weighted by Gasteiger charge is -1.84. The molecule has 1 rings (SSSR count). The van der Waals surface area contributed by atoms with Crippen LogP contribution in [-0.4, -0.2) is 10.8 Å².